The zero-order valence-corrected chi connectivity index (χ0v) is 18.5. The van der Waals surface area contributed by atoms with E-state index in [1.165, 1.54) is 0 Å². The number of nitrogens with zero attached hydrogens (tertiary/aromatic N) is 2. The van der Waals surface area contributed by atoms with Gasteiger partial charge < -0.3 is 21.5 Å². The predicted molar refractivity (Wildman–Crippen MR) is 125 cm³/mol. The van der Waals surface area contributed by atoms with E-state index in [1.54, 1.807) is 47.4 Å². The highest BCUT2D eigenvalue weighted by Crippen LogP contribution is 2.49. The summed E-state index contributed by atoms with van der Waals surface area (Å²) in [5.74, 6) is 1.79. The van der Waals surface area contributed by atoms with Crippen molar-refractivity contribution < 1.29 is 19.5 Å². The van der Waals surface area contributed by atoms with E-state index in [1.807, 2.05) is 6.92 Å². The fourth-order valence-electron chi connectivity index (χ4n) is 5.46. The van der Waals surface area contributed by atoms with E-state index in [-0.39, 0.29) is 18.9 Å². The summed E-state index contributed by atoms with van der Waals surface area (Å²) >= 11 is 0. The van der Waals surface area contributed by atoms with Crippen LogP contribution in [0.25, 0.3) is 0 Å². The number of primary amides is 2. The van der Waals surface area contributed by atoms with Gasteiger partial charge in [-0.15, -0.1) is 6.42 Å². The third-order valence-corrected chi connectivity index (χ3v) is 6.96. The Labute approximate surface area is 192 Å². The van der Waals surface area contributed by atoms with Crippen molar-refractivity contribution in [2.24, 2.45) is 11.5 Å². The topological polar surface area (TPSA) is 127 Å². The number of aliphatic hydroxyl groups is 1. The number of anilines is 1. The molecule has 4 amide bonds. The van der Waals surface area contributed by atoms with Crippen molar-refractivity contribution in [1.82, 2.24) is 4.48 Å². The molecule has 0 aromatic heterocycles. The first-order valence-corrected chi connectivity index (χ1v) is 10.8. The van der Waals surface area contributed by atoms with Crippen LogP contribution in [0.4, 0.5) is 16.2 Å². The van der Waals surface area contributed by atoms with E-state index in [0.29, 0.717) is 29.8 Å². The van der Waals surface area contributed by atoms with Crippen LogP contribution in [0.5, 0.6) is 0 Å². The summed E-state index contributed by atoms with van der Waals surface area (Å²) in [6, 6.07) is 11.0. The van der Waals surface area contributed by atoms with Gasteiger partial charge in [-0.2, -0.15) is 4.48 Å². The lowest BCUT2D eigenvalue weighted by molar-refractivity contribution is -0.127. The molecule has 2 heterocycles. The highest BCUT2D eigenvalue weighted by atomic mass is 16.3. The van der Waals surface area contributed by atoms with Crippen LogP contribution in [0.15, 0.2) is 42.5 Å². The lowest BCUT2D eigenvalue weighted by Crippen LogP contribution is -2.70. The number of terminal acetylenes is 1. The highest BCUT2D eigenvalue weighted by molar-refractivity contribution is 6.00. The molecule has 8 heteroatoms. The molecule has 0 spiro atoms. The van der Waals surface area contributed by atoms with E-state index in [4.69, 9.17) is 17.9 Å². The zero-order chi connectivity index (χ0) is 24.0. The summed E-state index contributed by atoms with van der Waals surface area (Å²) in [5.41, 5.74) is 13.3. The fourth-order valence-corrected chi connectivity index (χ4v) is 5.46. The molecule has 5 N–H and O–H groups in total. The quantitative estimate of drug-likeness (QED) is 0.486. The van der Waals surface area contributed by atoms with Gasteiger partial charge in [0.25, 0.3) is 5.91 Å². The Balaban J connectivity index is 1.94. The van der Waals surface area contributed by atoms with Crippen LogP contribution in [-0.2, 0) is 15.1 Å². The van der Waals surface area contributed by atoms with Crippen LogP contribution in [0, 0.1) is 19.3 Å². The van der Waals surface area contributed by atoms with Gasteiger partial charge in [-0.25, -0.2) is 4.79 Å². The van der Waals surface area contributed by atoms with Crippen molar-refractivity contribution in [2.75, 3.05) is 18.0 Å². The summed E-state index contributed by atoms with van der Waals surface area (Å²) in [5, 5.41) is 10.7. The first-order chi connectivity index (χ1) is 15.7. The third-order valence-electron chi connectivity index (χ3n) is 6.96. The Morgan fingerprint density at radius 2 is 1.91 bits per heavy atom. The Bertz CT molecular complexity index is 1190. The normalized spacial score (nSPS) is 26.9. The van der Waals surface area contributed by atoms with E-state index < -0.39 is 28.1 Å². The van der Waals surface area contributed by atoms with E-state index in [9.17, 15) is 19.5 Å². The number of rotatable bonds is 4. The van der Waals surface area contributed by atoms with E-state index >= 15 is 0 Å². The Morgan fingerprint density at radius 1 is 1.21 bits per heavy atom. The number of nitrogens with two attached hydrogens (primary N) is 2. The summed E-state index contributed by atoms with van der Waals surface area (Å²) in [6.07, 6.45) is 5.66. The van der Waals surface area contributed by atoms with Gasteiger partial charge in [0.2, 0.25) is 11.4 Å². The molecule has 0 aliphatic carbocycles. The number of hydrogen-bond donors (Lipinski definition) is 3. The second kappa shape index (κ2) is 8.03. The minimum atomic E-state index is -1.64. The molecule has 2 aromatic carbocycles. The Kier molecular flexibility index (Phi) is 5.48. The molecule has 2 saturated heterocycles. The number of aryl methyl sites for hydroxylation is 1. The monoisotopic (exact) mass is 447 g/mol. The van der Waals surface area contributed by atoms with Crippen LogP contribution in [0.2, 0.25) is 0 Å². The molecule has 2 aromatic rings. The fraction of sp³-hybridized carbons (Fsp3) is 0.320. The van der Waals surface area contributed by atoms with Gasteiger partial charge in [-0.3, -0.25) is 9.59 Å². The Morgan fingerprint density at radius 3 is 2.42 bits per heavy atom. The maximum absolute atomic E-state index is 13.2. The molecule has 0 saturated carbocycles. The van der Waals surface area contributed by atoms with Crippen LogP contribution < -0.4 is 20.9 Å². The molecule has 33 heavy (non-hydrogen) atoms. The molecule has 3 atom stereocenters. The largest absolute Gasteiger partial charge is 0.420 e. The third kappa shape index (κ3) is 3.20. The maximum Gasteiger partial charge on any atom is 0.420 e. The molecule has 8 nitrogen and oxygen atoms in total. The Hall–Kier alpha value is -3.67. The van der Waals surface area contributed by atoms with Gasteiger partial charge in [0.05, 0.1) is 0 Å². The number of aliphatic hydroxyl groups excluding tert-OH is 1. The van der Waals surface area contributed by atoms with Crippen molar-refractivity contribution in [3.05, 3.63) is 59.2 Å². The number of urea groups is 1. The van der Waals surface area contributed by atoms with Crippen molar-refractivity contribution in [1.29, 1.82) is 0 Å². The molecule has 4 rings (SSSR count). The standard InChI is InChI=1S/C25H26N4O4/c1-3-17-6-9-19(10-7-17)29(24(27)33)15-20(30)14-25(29,23(26)32)18-8-11-21(16(2)13-18)28-12-4-5-22(28)31/h1,6-11,13,20,30H,4-5,12,14-15H2,2H3,(H3-,26,27,32,33)/p+1/t20-,25-,29?/m1/s1. The predicted octanol–water partition coefficient (Wildman–Crippen LogP) is 1.63. The van der Waals surface area contributed by atoms with Gasteiger partial charge >= 0.3 is 6.03 Å². The molecule has 0 radical (unpaired) electrons. The lowest BCUT2D eigenvalue weighted by atomic mass is 9.82. The number of carbonyl (C=O) groups excluding carboxylic acids is 3. The molecule has 0 bridgehead atoms. The van der Waals surface area contributed by atoms with E-state index in [2.05, 4.69) is 5.92 Å². The summed E-state index contributed by atoms with van der Waals surface area (Å²) in [7, 11) is 0. The van der Waals surface area contributed by atoms with Gasteiger partial charge in [0.1, 0.15) is 18.3 Å². The van der Waals surface area contributed by atoms with Gasteiger partial charge in [0, 0.05) is 48.3 Å². The summed E-state index contributed by atoms with van der Waals surface area (Å²) < 4.78 is -0.657. The van der Waals surface area contributed by atoms with Gasteiger partial charge in [-0.1, -0.05) is 12.0 Å². The highest BCUT2D eigenvalue weighted by Gasteiger charge is 2.68. The van der Waals surface area contributed by atoms with Crippen LogP contribution in [0.1, 0.15) is 36.0 Å². The molecule has 2 aliphatic heterocycles. The smallest absolute Gasteiger partial charge is 0.387 e. The molecule has 1 unspecified atom stereocenters. The van der Waals surface area contributed by atoms with Crippen molar-refractivity contribution in [2.45, 2.75) is 37.8 Å². The van der Waals surface area contributed by atoms with Crippen LogP contribution in [-0.4, -0.2) is 42.1 Å². The van der Waals surface area contributed by atoms with E-state index in [0.717, 1.165) is 17.7 Å². The minimum Gasteiger partial charge on any atom is -0.387 e. The van der Waals surface area contributed by atoms with Crippen LogP contribution in [0.3, 0.4) is 0 Å². The second-order valence-corrected chi connectivity index (χ2v) is 8.75. The molecule has 2 fully saturated rings. The summed E-state index contributed by atoms with van der Waals surface area (Å²) in [6.45, 7) is 2.35. The minimum absolute atomic E-state index is 0.0441. The number of benzene rings is 2. The molecule has 170 valence electrons. The average molecular weight is 448 g/mol. The zero-order valence-electron chi connectivity index (χ0n) is 18.5. The lowest BCUT2D eigenvalue weighted by Gasteiger charge is -2.43. The van der Waals surface area contributed by atoms with Crippen molar-refractivity contribution >= 4 is 29.2 Å². The van der Waals surface area contributed by atoms with Crippen molar-refractivity contribution in [3.8, 4) is 12.3 Å². The molecular formula is C25H27N4O4+. The number of likely N-dealkylation sites (tertiary alicyclic amines) is 1. The second-order valence-electron chi connectivity index (χ2n) is 8.75. The SMILES string of the molecule is C#Cc1ccc([N+]2(C(N)=O)C[C@H](O)C[C@]2(C(N)=O)c2ccc(N3CCCC3=O)c(C)c2)cc1. The van der Waals surface area contributed by atoms with Crippen molar-refractivity contribution in [3.63, 3.8) is 0 Å². The van der Waals surface area contributed by atoms with Crippen LogP contribution >= 0.6 is 0 Å². The maximum atomic E-state index is 13.2. The molecular weight excluding hydrogens is 420 g/mol. The number of amides is 4. The number of hydrogen-bond acceptors (Lipinski definition) is 4. The molecule has 2 aliphatic rings. The number of carbonyl (C=O) groups is 3. The average Bonchev–Trinajstić information content (AvgIpc) is 3.35. The summed E-state index contributed by atoms with van der Waals surface area (Å²) in [4.78, 5) is 40.3. The number of quaternary nitrogens is 1. The first-order valence-electron chi connectivity index (χ1n) is 10.8. The van der Waals surface area contributed by atoms with Gasteiger partial charge in [-0.05, 0) is 43.2 Å². The first kappa shape index (κ1) is 22.5. The van der Waals surface area contributed by atoms with Gasteiger partial charge in [0.15, 0.2) is 0 Å².